The Labute approximate surface area is 161 Å². The van der Waals surface area contributed by atoms with Crippen LogP contribution in [-0.2, 0) is 16.8 Å². The van der Waals surface area contributed by atoms with E-state index in [-0.39, 0.29) is 36.1 Å². The third-order valence-corrected chi connectivity index (χ3v) is 5.65. The molecule has 2 aliphatic heterocycles. The second-order valence-corrected chi connectivity index (χ2v) is 8.78. The highest BCUT2D eigenvalue weighted by Gasteiger charge is 2.34. The average Bonchev–Trinajstić information content (AvgIpc) is 3.03. The average molecular weight is 394 g/mol. The highest BCUT2D eigenvalue weighted by atomic mass is 35.5. The van der Waals surface area contributed by atoms with Crippen molar-refractivity contribution in [3.63, 3.8) is 0 Å². The quantitative estimate of drug-likeness (QED) is 0.816. The lowest BCUT2D eigenvalue weighted by Crippen LogP contribution is -2.39. The predicted octanol–water partition coefficient (Wildman–Crippen LogP) is 3.82. The molecule has 0 aliphatic carbocycles. The molecule has 0 aromatic carbocycles. The largest absolute Gasteiger partial charge is 0.350 e. The van der Waals surface area contributed by atoms with Crippen molar-refractivity contribution >= 4 is 42.1 Å². The van der Waals surface area contributed by atoms with Crippen LogP contribution in [0.4, 0.5) is 0 Å². The molecule has 1 amide bonds. The number of rotatable bonds is 4. The first-order chi connectivity index (χ1) is 10.4. The molecule has 2 bridgehead atoms. The van der Waals surface area contributed by atoms with Crippen LogP contribution in [0.1, 0.15) is 63.6 Å². The molecule has 4 nitrogen and oxygen atoms in total. The lowest BCUT2D eigenvalue weighted by Gasteiger charge is -2.28. The molecule has 24 heavy (non-hydrogen) atoms. The highest BCUT2D eigenvalue weighted by molar-refractivity contribution is 7.09. The normalized spacial score (nSPS) is 25.5. The number of carbonyl (C=O) groups is 1. The van der Waals surface area contributed by atoms with E-state index in [1.54, 1.807) is 11.3 Å². The van der Waals surface area contributed by atoms with E-state index >= 15 is 0 Å². The van der Waals surface area contributed by atoms with Crippen molar-refractivity contribution in [2.75, 3.05) is 0 Å². The Balaban J connectivity index is 0.00000144. The summed E-state index contributed by atoms with van der Waals surface area (Å²) in [6.45, 7) is 7.05. The Bertz CT molecular complexity index is 532. The van der Waals surface area contributed by atoms with E-state index in [1.807, 2.05) is 0 Å². The molecule has 3 rings (SSSR count). The zero-order valence-electron chi connectivity index (χ0n) is 14.6. The maximum absolute atomic E-state index is 12.2. The van der Waals surface area contributed by atoms with Crippen molar-refractivity contribution < 1.29 is 4.79 Å². The molecule has 2 aliphatic rings. The number of hydrogen-bond acceptors (Lipinski definition) is 4. The minimum Gasteiger partial charge on any atom is -0.350 e. The molecule has 0 spiro atoms. The summed E-state index contributed by atoms with van der Waals surface area (Å²) in [6, 6.07) is 1.31. The molecule has 2 unspecified atom stereocenters. The van der Waals surface area contributed by atoms with Crippen LogP contribution in [0.2, 0.25) is 0 Å². The number of nitrogens with zero attached hydrogens (tertiary/aromatic N) is 1. The number of amides is 1. The summed E-state index contributed by atoms with van der Waals surface area (Å²) in [5.41, 5.74) is 1.18. The van der Waals surface area contributed by atoms with Gasteiger partial charge in [-0.1, -0.05) is 20.8 Å². The molecular formula is C17H29Cl2N3OS. The number of piperidine rings is 1. The topological polar surface area (TPSA) is 54.0 Å². The Morgan fingerprint density at radius 3 is 2.46 bits per heavy atom. The molecule has 1 aromatic heterocycles. The van der Waals surface area contributed by atoms with Gasteiger partial charge in [-0.05, 0) is 31.6 Å². The van der Waals surface area contributed by atoms with Gasteiger partial charge in [0.2, 0.25) is 5.91 Å². The number of hydrogen-bond donors (Lipinski definition) is 2. The Morgan fingerprint density at radius 2 is 1.92 bits per heavy atom. The Morgan fingerprint density at radius 1 is 1.29 bits per heavy atom. The number of aromatic nitrogens is 1. The lowest BCUT2D eigenvalue weighted by atomic mass is 9.89. The molecule has 2 fully saturated rings. The van der Waals surface area contributed by atoms with Crippen molar-refractivity contribution in [3.05, 3.63) is 16.1 Å². The first-order valence-corrected chi connectivity index (χ1v) is 9.26. The molecule has 3 heterocycles. The molecule has 1 aromatic rings. The summed E-state index contributed by atoms with van der Waals surface area (Å²) in [4.78, 5) is 16.8. The van der Waals surface area contributed by atoms with Gasteiger partial charge < -0.3 is 10.6 Å². The van der Waals surface area contributed by atoms with Gasteiger partial charge in [0.1, 0.15) is 5.01 Å². The summed E-state index contributed by atoms with van der Waals surface area (Å²) in [5.74, 6) is 0.735. The lowest BCUT2D eigenvalue weighted by molar-refractivity contribution is -0.122. The molecule has 138 valence electrons. The van der Waals surface area contributed by atoms with E-state index in [0.29, 0.717) is 31.0 Å². The van der Waals surface area contributed by atoms with E-state index < -0.39 is 0 Å². The molecular weight excluding hydrogens is 365 g/mol. The molecule has 0 saturated carbocycles. The summed E-state index contributed by atoms with van der Waals surface area (Å²) >= 11 is 1.64. The summed E-state index contributed by atoms with van der Waals surface area (Å²) < 4.78 is 0. The fraction of sp³-hybridized carbons (Fsp3) is 0.765. The molecule has 2 atom stereocenters. The Kier molecular flexibility index (Phi) is 7.98. The zero-order chi connectivity index (χ0) is 15.7. The third-order valence-electron chi connectivity index (χ3n) is 4.80. The second kappa shape index (κ2) is 8.84. The van der Waals surface area contributed by atoms with Crippen molar-refractivity contribution in [1.82, 2.24) is 15.6 Å². The third kappa shape index (κ3) is 5.58. The first kappa shape index (κ1) is 21.7. The second-order valence-electron chi connectivity index (χ2n) is 7.83. The number of nitrogens with one attached hydrogen (secondary N) is 2. The van der Waals surface area contributed by atoms with Crippen LogP contribution in [0, 0.1) is 5.92 Å². The predicted molar refractivity (Wildman–Crippen MR) is 104 cm³/mol. The van der Waals surface area contributed by atoms with Gasteiger partial charge in [0.25, 0.3) is 0 Å². The van der Waals surface area contributed by atoms with Crippen LogP contribution < -0.4 is 10.6 Å². The monoisotopic (exact) mass is 393 g/mol. The van der Waals surface area contributed by atoms with E-state index in [2.05, 4.69) is 41.8 Å². The van der Waals surface area contributed by atoms with E-state index in [1.165, 1.54) is 12.8 Å². The number of thiazole rings is 1. The van der Waals surface area contributed by atoms with Gasteiger partial charge in [-0.2, -0.15) is 0 Å². The van der Waals surface area contributed by atoms with Gasteiger partial charge in [0.05, 0.1) is 12.2 Å². The minimum atomic E-state index is 0. The van der Waals surface area contributed by atoms with Crippen molar-refractivity contribution in [3.8, 4) is 0 Å². The van der Waals surface area contributed by atoms with Crippen LogP contribution in [0.15, 0.2) is 5.38 Å². The van der Waals surface area contributed by atoms with Gasteiger partial charge in [-0.25, -0.2) is 4.98 Å². The van der Waals surface area contributed by atoms with Gasteiger partial charge in [0.15, 0.2) is 0 Å². The van der Waals surface area contributed by atoms with E-state index in [4.69, 9.17) is 0 Å². The van der Waals surface area contributed by atoms with Crippen molar-refractivity contribution in [1.29, 1.82) is 0 Å². The van der Waals surface area contributed by atoms with Crippen molar-refractivity contribution in [2.24, 2.45) is 5.92 Å². The van der Waals surface area contributed by atoms with Gasteiger partial charge in [-0.3, -0.25) is 4.79 Å². The maximum atomic E-state index is 12.2. The SMILES string of the molecule is CC(C)(C)c1csc(CNC(=O)CC2CC3CCC(C2)N3)n1.Cl.Cl. The summed E-state index contributed by atoms with van der Waals surface area (Å²) in [6.07, 6.45) is 5.58. The highest BCUT2D eigenvalue weighted by Crippen LogP contribution is 2.32. The molecule has 2 N–H and O–H groups in total. The number of carbonyl (C=O) groups excluding carboxylic acids is 1. The maximum Gasteiger partial charge on any atom is 0.220 e. The summed E-state index contributed by atoms with van der Waals surface area (Å²) in [5, 5.41) is 9.78. The molecule has 2 saturated heterocycles. The minimum absolute atomic E-state index is 0. The fourth-order valence-electron chi connectivity index (χ4n) is 3.59. The van der Waals surface area contributed by atoms with Crippen LogP contribution in [-0.4, -0.2) is 23.0 Å². The van der Waals surface area contributed by atoms with Gasteiger partial charge in [0, 0.05) is 29.3 Å². The van der Waals surface area contributed by atoms with Gasteiger partial charge in [-0.15, -0.1) is 36.2 Å². The van der Waals surface area contributed by atoms with Crippen LogP contribution in [0.5, 0.6) is 0 Å². The fourth-order valence-corrected chi connectivity index (χ4v) is 4.55. The summed E-state index contributed by atoms with van der Waals surface area (Å²) in [7, 11) is 0. The van der Waals surface area contributed by atoms with Gasteiger partial charge >= 0.3 is 0 Å². The smallest absolute Gasteiger partial charge is 0.220 e. The first-order valence-electron chi connectivity index (χ1n) is 8.38. The zero-order valence-corrected chi connectivity index (χ0v) is 17.1. The van der Waals surface area contributed by atoms with Crippen LogP contribution in [0.3, 0.4) is 0 Å². The van der Waals surface area contributed by atoms with Crippen LogP contribution >= 0.6 is 36.2 Å². The number of halogens is 2. The van der Waals surface area contributed by atoms with Crippen molar-refractivity contribution in [2.45, 2.75) is 76.9 Å². The number of fused-ring (bicyclic) bond motifs is 2. The van der Waals surface area contributed by atoms with Crippen LogP contribution in [0.25, 0.3) is 0 Å². The molecule has 0 radical (unpaired) electrons. The Hall–Kier alpha value is -0.360. The van der Waals surface area contributed by atoms with E-state index in [9.17, 15) is 4.79 Å². The standard InChI is InChI=1S/C17H27N3OS.2ClH/c1-17(2,3)14-10-22-16(20-14)9-18-15(21)8-11-6-12-4-5-13(7-11)19-12;;/h10-13,19H,4-9H2,1-3H3,(H,18,21);2*1H. The van der Waals surface area contributed by atoms with E-state index in [0.717, 1.165) is 23.5 Å². The molecule has 7 heteroatoms.